The molecule has 142 valence electrons. The van der Waals surface area contributed by atoms with Crippen LogP contribution >= 0.6 is 0 Å². The molecule has 0 fully saturated rings. The zero-order valence-corrected chi connectivity index (χ0v) is 15.7. The lowest BCUT2D eigenvalue weighted by Crippen LogP contribution is -2.27. The van der Waals surface area contributed by atoms with Gasteiger partial charge in [-0.25, -0.2) is 9.59 Å². The molecular formula is C20H22N2O5. The average Bonchev–Trinajstić information content (AvgIpc) is 2.91. The van der Waals surface area contributed by atoms with E-state index in [2.05, 4.69) is 5.32 Å². The van der Waals surface area contributed by atoms with Crippen molar-refractivity contribution < 1.29 is 23.9 Å². The summed E-state index contributed by atoms with van der Waals surface area (Å²) in [5.41, 5.74) is 2.15. The topological polar surface area (TPSA) is 84.9 Å². The summed E-state index contributed by atoms with van der Waals surface area (Å²) in [6.07, 6.45) is 6.78. The van der Waals surface area contributed by atoms with E-state index in [0.717, 1.165) is 5.56 Å². The number of esters is 2. The van der Waals surface area contributed by atoms with Gasteiger partial charge in [0.05, 0.1) is 19.8 Å². The molecule has 0 aromatic heterocycles. The van der Waals surface area contributed by atoms with Crippen molar-refractivity contribution in [1.29, 1.82) is 0 Å². The molecule has 1 N–H and O–H groups in total. The highest BCUT2D eigenvalue weighted by Crippen LogP contribution is 2.30. The molecule has 1 aromatic carbocycles. The van der Waals surface area contributed by atoms with Crippen molar-refractivity contribution in [3.05, 3.63) is 59.5 Å². The predicted octanol–water partition coefficient (Wildman–Crippen LogP) is 2.83. The molecule has 7 heteroatoms. The summed E-state index contributed by atoms with van der Waals surface area (Å²) in [4.78, 5) is 37.9. The summed E-state index contributed by atoms with van der Waals surface area (Å²) in [6.45, 7) is 3.63. The van der Waals surface area contributed by atoms with Crippen molar-refractivity contribution in [3.8, 4) is 0 Å². The minimum absolute atomic E-state index is 0.0194. The van der Waals surface area contributed by atoms with Crippen LogP contribution in [0, 0.1) is 6.92 Å². The van der Waals surface area contributed by atoms with Gasteiger partial charge >= 0.3 is 11.9 Å². The molecule has 0 bridgehead atoms. The second kappa shape index (κ2) is 8.84. The van der Waals surface area contributed by atoms with Crippen LogP contribution in [-0.4, -0.2) is 32.1 Å². The summed E-state index contributed by atoms with van der Waals surface area (Å²) in [7, 11) is 2.48. The molecule has 0 spiro atoms. The summed E-state index contributed by atoms with van der Waals surface area (Å²) < 4.78 is 9.67. The Morgan fingerprint density at radius 3 is 2.41 bits per heavy atom. The highest BCUT2D eigenvalue weighted by atomic mass is 16.5. The first-order chi connectivity index (χ1) is 12.9. The van der Waals surface area contributed by atoms with E-state index in [0.29, 0.717) is 17.8 Å². The average molecular weight is 370 g/mol. The third kappa shape index (κ3) is 4.44. The summed E-state index contributed by atoms with van der Waals surface area (Å²) in [5.74, 6) is -1.47. The number of carbonyl (C=O) groups excluding carboxylic acids is 3. The number of methoxy groups -OCH3 is 2. The molecule has 0 saturated heterocycles. The van der Waals surface area contributed by atoms with Gasteiger partial charge in [0.1, 0.15) is 5.70 Å². The summed E-state index contributed by atoms with van der Waals surface area (Å²) in [5, 5.41) is 2.83. The van der Waals surface area contributed by atoms with Crippen LogP contribution < -0.4 is 10.2 Å². The Morgan fingerprint density at radius 2 is 1.78 bits per heavy atom. The van der Waals surface area contributed by atoms with Gasteiger partial charge in [0, 0.05) is 24.0 Å². The maximum atomic E-state index is 12.4. The monoisotopic (exact) mass is 370 g/mol. The molecule has 7 nitrogen and oxygen atoms in total. The van der Waals surface area contributed by atoms with Gasteiger partial charge < -0.3 is 19.7 Å². The first-order valence-corrected chi connectivity index (χ1v) is 8.38. The van der Waals surface area contributed by atoms with E-state index in [1.807, 2.05) is 13.0 Å². The normalized spacial score (nSPS) is 13.3. The summed E-state index contributed by atoms with van der Waals surface area (Å²) >= 11 is 0. The zero-order chi connectivity index (χ0) is 20.0. The molecule has 2 rings (SSSR count). The highest BCUT2D eigenvalue weighted by Gasteiger charge is 2.27. The molecule has 0 unspecified atom stereocenters. The van der Waals surface area contributed by atoms with Crippen LogP contribution in [0.25, 0.3) is 0 Å². The Labute approximate surface area is 157 Å². The molecule has 0 saturated carbocycles. The molecule has 0 aliphatic carbocycles. The molecule has 1 amide bonds. The fourth-order valence-corrected chi connectivity index (χ4v) is 2.50. The number of benzene rings is 1. The zero-order valence-electron chi connectivity index (χ0n) is 15.7. The van der Waals surface area contributed by atoms with E-state index in [4.69, 9.17) is 9.47 Å². The lowest BCUT2D eigenvalue weighted by molar-refractivity contribution is -0.139. The number of hydrogen-bond donors (Lipinski definition) is 1. The van der Waals surface area contributed by atoms with E-state index in [1.54, 1.807) is 37.4 Å². The van der Waals surface area contributed by atoms with Crippen molar-refractivity contribution in [2.24, 2.45) is 0 Å². The Balaban J connectivity index is 2.60. The van der Waals surface area contributed by atoms with Crippen LogP contribution in [0.2, 0.25) is 0 Å². The van der Waals surface area contributed by atoms with Gasteiger partial charge in [0.15, 0.2) is 0 Å². The minimum atomic E-state index is -0.689. The van der Waals surface area contributed by atoms with Crippen molar-refractivity contribution in [3.63, 3.8) is 0 Å². The van der Waals surface area contributed by atoms with Gasteiger partial charge in [0.25, 0.3) is 0 Å². The van der Waals surface area contributed by atoms with E-state index in [-0.39, 0.29) is 17.2 Å². The summed E-state index contributed by atoms with van der Waals surface area (Å²) in [6, 6.07) is 5.33. The van der Waals surface area contributed by atoms with Crippen LogP contribution in [0.4, 0.5) is 11.4 Å². The molecule has 0 radical (unpaired) electrons. The number of aryl methyl sites for hydroxylation is 1. The van der Waals surface area contributed by atoms with Crippen molar-refractivity contribution in [2.45, 2.75) is 20.3 Å². The predicted molar refractivity (Wildman–Crippen MR) is 102 cm³/mol. The Kier molecular flexibility index (Phi) is 6.54. The van der Waals surface area contributed by atoms with Crippen LogP contribution in [-0.2, 0) is 23.9 Å². The van der Waals surface area contributed by atoms with Gasteiger partial charge in [-0.1, -0.05) is 19.1 Å². The number of ether oxygens (including phenoxy) is 2. The highest BCUT2D eigenvalue weighted by molar-refractivity contribution is 6.05. The van der Waals surface area contributed by atoms with Crippen LogP contribution in [0.3, 0.4) is 0 Å². The number of nitrogens with one attached hydrogen (secondary N) is 1. The quantitative estimate of drug-likeness (QED) is 0.803. The number of nitrogens with zero attached hydrogens (tertiary/aromatic N) is 1. The maximum Gasteiger partial charge on any atom is 0.355 e. The van der Waals surface area contributed by atoms with Gasteiger partial charge in [0.2, 0.25) is 5.91 Å². The number of rotatable bonds is 5. The van der Waals surface area contributed by atoms with Crippen molar-refractivity contribution >= 4 is 29.2 Å². The Bertz CT molecular complexity index is 852. The molecule has 1 heterocycles. The Hall–Kier alpha value is -3.35. The first kappa shape index (κ1) is 20.0. The maximum absolute atomic E-state index is 12.4. The first-order valence-electron chi connectivity index (χ1n) is 8.38. The Morgan fingerprint density at radius 1 is 1.07 bits per heavy atom. The number of carbonyl (C=O) groups is 3. The van der Waals surface area contributed by atoms with E-state index < -0.39 is 11.9 Å². The SMILES string of the molecule is CCC(=O)Nc1cc(N2C=CC=CC(C(=O)OC)=C2C(=O)OC)ccc1C. The van der Waals surface area contributed by atoms with Crippen molar-refractivity contribution in [2.75, 3.05) is 24.4 Å². The molecule has 1 aliphatic heterocycles. The molecule has 0 atom stereocenters. The fraction of sp³-hybridized carbons (Fsp3) is 0.250. The molecule has 1 aliphatic rings. The molecule has 1 aromatic rings. The number of allylic oxidation sites excluding steroid dienone is 2. The van der Waals surface area contributed by atoms with Crippen LogP contribution in [0.5, 0.6) is 0 Å². The number of amides is 1. The third-order valence-corrected chi connectivity index (χ3v) is 3.98. The smallest absolute Gasteiger partial charge is 0.355 e. The van der Waals surface area contributed by atoms with Gasteiger partial charge in [-0.3, -0.25) is 4.79 Å². The fourth-order valence-electron chi connectivity index (χ4n) is 2.50. The van der Waals surface area contributed by atoms with Gasteiger partial charge in [-0.2, -0.15) is 0 Å². The standard InChI is InChI=1S/C20H22N2O5/c1-5-17(23)21-16-12-14(10-9-13(16)2)22-11-7-6-8-15(19(24)26-3)18(22)20(25)27-4/h6-12H,5H2,1-4H3,(H,21,23). The molecule has 27 heavy (non-hydrogen) atoms. The van der Waals surface area contributed by atoms with Crippen LogP contribution in [0.1, 0.15) is 18.9 Å². The van der Waals surface area contributed by atoms with E-state index in [9.17, 15) is 14.4 Å². The second-order valence-corrected chi connectivity index (χ2v) is 5.72. The van der Waals surface area contributed by atoms with Gasteiger partial charge in [-0.15, -0.1) is 0 Å². The minimum Gasteiger partial charge on any atom is -0.465 e. The van der Waals surface area contributed by atoms with Crippen LogP contribution in [0.15, 0.2) is 53.9 Å². The lowest BCUT2D eigenvalue weighted by Gasteiger charge is -2.24. The van der Waals surface area contributed by atoms with E-state index >= 15 is 0 Å². The third-order valence-electron chi connectivity index (χ3n) is 3.98. The van der Waals surface area contributed by atoms with Gasteiger partial charge in [-0.05, 0) is 36.8 Å². The molecular weight excluding hydrogens is 348 g/mol. The number of hydrogen-bond acceptors (Lipinski definition) is 6. The second-order valence-electron chi connectivity index (χ2n) is 5.72. The lowest BCUT2D eigenvalue weighted by atomic mass is 10.1. The van der Waals surface area contributed by atoms with E-state index in [1.165, 1.54) is 25.2 Å². The van der Waals surface area contributed by atoms with Crippen molar-refractivity contribution in [1.82, 2.24) is 0 Å². The largest absolute Gasteiger partial charge is 0.465 e. The number of anilines is 2.